The minimum atomic E-state index is -4.28. The van der Waals surface area contributed by atoms with Gasteiger partial charge in [0.05, 0.1) is 5.56 Å². The second-order valence-corrected chi connectivity index (χ2v) is 4.08. The molecule has 0 spiro atoms. The summed E-state index contributed by atoms with van der Waals surface area (Å²) >= 11 is 0. The number of rotatable bonds is 1. The second kappa shape index (κ2) is 3.75. The summed E-state index contributed by atoms with van der Waals surface area (Å²) in [5.41, 5.74) is 6.62. The Morgan fingerprint density at radius 1 is 1.44 bits per heavy atom. The van der Waals surface area contributed by atoms with Gasteiger partial charge in [0, 0.05) is 19.1 Å². The Morgan fingerprint density at radius 3 is 2.69 bits per heavy atom. The molecular weight excluding hydrogens is 217 g/mol. The number of nitrogens with zero attached hydrogens (tertiary/aromatic N) is 1. The maximum Gasteiger partial charge on any atom is 0.416 e. The predicted molar refractivity (Wildman–Crippen MR) is 54.7 cm³/mol. The van der Waals surface area contributed by atoms with Crippen LogP contribution in [-0.4, -0.2) is 18.5 Å². The molecule has 1 aromatic carbocycles. The van der Waals surface area contributed by atoms with Crippen LogP contribution in [-0.2, 0) is 12.7 Å². The van der Waals surface area contributed by atoms with E-state index in [1.165, 1.54) is 6.07 Å². The van der Waals surface area contributed by atoms with E-state index in [9.17, 15) is 13.2 Å². The van der Waals surface area contributed by atoms with Crippen LogP contribution in [0.5, 0.6) is 0 Å². The summed E-state index contributed by atoms with van der Waals surface area (Å²) in [4.78, 5) is 1.96. The van der Waals surface area contributed by atoms with Gasteiger partial charge in [-0.25, -0.2) is 0 Å². The molecule has 5 heteroatoms. The molecule has 88 valence electrons. The van der Waals surface area contributed by atoms with Crippen LogP contribution < -0.4 is 5.73 Å². The first-order valence-electron chi connectivity index (χ1n) is 5.04. The van der Waals surface area contributed by atoms with E-state index in [1.807, 2.05) is 11.9 Å². The lowest BCUT2D eigenvalue weighted by Gasteiger charge is -2.18. The van der Waals surface area contributed by atoms with Gasteiger partial charge in [0.1, 0.15) is 0 Å². The molecule has 0 saturated heterocycles. The minimum Gasteiger partial charge on any atom is -0.329 e. The number of hydrogen-bond donors (Lipinski definition) is 1. The summed E-state index contributed by atoms with van der Waals surface area (Å²) in [6.45, 7) is 1.00. The first-order valence-corrected chi connectivity index (χ1v) is 5.04. The summed E-state index contributed by atoms with van der Waals surface area (Å²) in [6.07, 6.45) is -4.28. The molecule has 2 rings (SSSR count). The van der Waals surface area contributed by atoms with Gasteiger partial charge in [0.25, 0.3) is 0 Å². The van der Waals surface area contributed by atoms with Gasteiger partial charge in [-0.15, -0.1) is 0 Å². The zero-order valence-corrected chi connectivity index (χ0v) is 8.88. The van der Waals surface area contributed by atoms with Gasteiger partial charge < -0.3 is 5.73 Å². The van der Waals surface area contributed by atoms with Crippen molar-refractivity contribution in [3.8, 4) is 0 Å². The predicted octanol–water partition coefficient (Wildman–Crippen LogP) is 2.15. The van der Waals surface area contributed by atoms with E-state index in [2.05, 4.69) is 0 Å². The molecule has 0 aliphatic carbocycles. The van der Waals surface area contributed by atoms with Gasteiger partial charge in [-0.3, -0.25) is 4.90 Å². The molecule has 0 saturated carbocycles. The molecule has 1 unspecified atom stereocenters. The number of nitrogens with two attached hydrogens (primary N) is 1. The van der Waals surface area contributed by atoms with Gasteiger partial charge in [0.2, 0.25) is 0 Å². The van der Waals surface area contributed by atoms with Crippen molar-refractivity contribution in [2.45, 2.75) is 18.8 Å². The Kier molecular flexibility index (Phi) is 2.67. The average molecular weight is 230 g/mol. The molecule has 0 bridgehead atoms. The number of benzene rings is 1. The van der Waals surface area contributed by atoms with Crippen molar-refractivity contribution in [3.05, 3.63) is 34.9 Å². The highest BCUT2D eigenvalue weighted by atomic mass is 19.4. The number of likely N-dealkylation sites (N-methyl/N-ethyl adjacent to an activating group) is 1. The highest BCUT2D eigenvalue weighted by Gasteiger charge is 2.34. The first kappa shape index (κ1) is 11.4. The molecule has 1 atom stereocenters. The quantitative estimate of drug-likeness (QED) is 0.801. The summed E-state index contributed by atoms with van der Waals surface area (Å²) in [5.74, 6) is 0. The van der Waals surface area contributed by atoms with Crippen LogP contribution >= 0.6 is 0 Å². The van der Waals surface area contributed by atoms with Crippen molar-refractivity contribution in [2.24, 2.45) is 5.73 Å². The molecule has 1 aliphatic rings. The van der Waals surface area contributed by atoms with Crippen molar-refractivity contribution in [1.29, 1.82) is 0 Å². The van der Waals surface area contributed by atoms with Crippen LogP contribution in [0.3, 0.4) is 0 Å². The first-order chi connectivity index (χ1) is 7.43. The fourth-order valence-corrected chi connectivity index (χ4v) is 2.15. The monoisotopic (exact) mass is 230 g/mol. The molecular formula is C11H13F3N2. The summed E-state index contributed by atoms with van der Waals surface area (Å²) in [5, 5.41) is 0. The average Bonchev–Trinajstić information content (AvgIpc) is 2.50. The Morgan fingerprint density at radius 2 is 2.12 bits per heavy atom. The molecule has 2 nitrogen and oxygen atoms in total. The third kappa shape index (κ3) is 1.81. The van der Waals surface area contributed by atoms with Crippen LogP contribution in [0.4, 0.5) is 13.2 Å². The van der Waals surface area contributed by atoms with Gasteiger partial charge in [-0.1, -0.05) is 6.07 Å². The lowest BCUT2D eigenvalue weighted by atomic mass is 10.0. The molecule has 1 aliphatic heterocycles. The van der Waals surface area contributed by atoms with E-state index in [0.717, 1.165) is 11.6 Å². The van der Waals surface area contributed by atoms with E-state index in [0.29, 0.717) is 18.7 Å². The molecule has 2 N–H and O–H groups in total. The van der Waals surface area contributed by atoms with Gasteiger partial charge in [0.15, 0.2) is 0 Å². The highest BCUT2D eigenvalue weighted by Crippen LogP contribution is 2.36. The Labute approximate surface area is 91.8 Å². The molecule has 0 fully saturated rings. The smallest absolute Gasteiger partial charge is 0.329 e. The standard InChI is InChI=1S/C11H13F3N2/c1-16-6-7-2-3-8(11(12,13)14)4-9(7)10(16)5-15/h2-4,10H,5-6,15H2,1H3. The van der Waals surface area contributed by atoms with Crippen LogP contribution in [0.1, 0.15) is 22.7 Å². The fourth-order valence-electron chi connectivity index (χ4n) is 2.15. The van der Waals surface area contributed by atoms with Gasteiger partial charge in [-0.05, 0) is 30.3 Å². The number of hydrogen-bond acceptors (Lipinski definition) is 2. The van der Waals surface area contributed by atoms with Crippen molar-refractivity contribution >= 4 is 0 Å². The normalized spacial score (nSPS) is 21.2. The van der Waals surface area contributed by atoms with Gasteiger partial charge in [-0.2, -0.15) is 13.2 Å². The van der Waals surface area contributed by atoms with E-state index in [1.54, 1.807) is 6.07 Å². The highest BCUT2D eigenvalue weighted by molar-refractivity contribution is 5.38. The number of fused-ring (bicyclic) bond motifs is 1. The minimum absolute atomic E-state index is 0.0997. The molecule has 1 heterocycles. The third-order valence-electron chi connectivity index (χ3n) is 3.01. The largest absolute Gasteiger partial charge is 0.416 e. The maximum atomic E-state index is 12.5. The van der Waals surface area contributed by atoms with Crippen LogP contribution in [0.25, 0.3) is 0 Å². The summed E-state index contributed by atoms with van der Waals surface area (Å²) in [7, 11) is 1.87. The van der Waals surface area contributed by atoms with Crippen molar-refractivity contribution in [1.82, 2.24) is 4.90 Å². The van der Waals surface area contributed by atoms with Crippen LogP contribution in [0.2, 0.25) is 0 Å². The molecule has 0 aromatic heterocycles. The van der Waals surface area contributed by atoms with E-state index in [-0.39, 0.29) is 6.04 Å². The zero-order chi connectivity index (χ0) is 11.9. The summed E-state index contributed by atoms with van der Waals surface area (Å²) < 4.78 is 37.6. The lowest BCUT2D eigenvalue weighted by molar-refractivity contribution is -0.137. The summed E-state index contributed by atoms with van der Waals surface area (Å²) in [6, 6.07) is 3.80. The maximum absolute atomic E-state index is 12.5. The Hall–Kier alpha value is -1.07. The van der Waals surface area contributed by atoms with Crippen LogP contribution in [0.15, 0.2) is 18.2 Å². The lowest BCUT2D eigenvalue weighted by Crippen LogP contribution is -2.24. The van der Waals surface area contributed by atoms with Crippen molar-refractivity contribution in [2.75, 3.05) is 13.6 Å². The van der Waals surface area contributed by atoms with Crippen molar-refractivity contribution < 1.29 is 13.2 Å². The van der Waals surface area contributed by atoms with E-state index >= 15 is 0 Å². The Balaban J connectivity index is 2.43. The van der Waals surface area contributed by atoms with E-state index < -0.39 is 11.7 Å². The Bertz CT molecular complexity index is 401. The van der Waals surface area contributed by atoms with Crippen LogP contribution in [0, 0.1) is 0 Å². The number of alkyl halides is 3. The van der Waals surface area contributed by atoms with Crippen molar-refractivity contribution in [3.63, 3.8) is 0 Å². The second-order valence-electron chi connectivity index (χ2n) is 4.08. The fraction of sp³-hybridized carbons (Fsp3) is 0.455. The molecule has 16 heavy (non-hydrogen) atoms. The van der Waals surface area contributed by atoms with Gasteiger partial charge >= 0.3 is 6.18 Å². The van der Waals surface area contributed by atoms with E-state index in [4.69, 9.17) is 5.73 Å². The SMILES string of the molecule is CN1Cc2ccc(C(F)(F)F)cc2C1CN. The molecule has 0 radical (unpaired) electrons. The third-order valence-corrected chi connectivity index (χ3v) is 3.01. The molecule has 1 aromatic rings. The number of halogens is 3. The topological polar surface area (TPSA) is 29.3 Å². The molecule has 0 amide bonds. The zero-order valence-electron chi connectivity index (χ0n) is 8.88.